The van der Waals surface area contributed by atoms with Crippen molar-refractivity contribution in [3.05, 3.63) is 53.9 Å². The van der Waals surface area contributed by atoms with Crippen LogP contribution in [0.1, 0.15) is 76.5 Å². The van der Waals surface area contributed by atoms with Crippen molar-refractivity contribution >= 4 is 11.9 Å². The molecule has 1 heterocycles. The summed E-state index contributed by atoms with van der Waals surface area (Å²) in [7, 11) is 0. The molecule has 0 spiro atoms. The van der Waals surface area contributed by atoms with Crippen LogP contribution >= 0.6 is 0 Å². The van der Waals surface area contributed by atoms with Gasteiger partial charge in [-0.1, -0.05) is 63.9 Å². The van der Waals surface area contributed by atoms with Crippen LogP contribution in [0.3, 0.4) is 0 Å². The number of nitrogen functional groups attached to an aromatic ring is 1. The lowest BCUT2D eigenvalue weighted by Gasteiger charge is -2.27. The van der Waals surface area contributed by atoms with Crippen molar-refractivity contribution in [3.63, 3.8) is 0 Å². The molecule has 3 unspecified atom stereocenters. The molecule has 0 amide bonds. The van der Waals surface area contributed by atoms with Crippen molar-refractivity contribution in [2.45, 2.75) is 77.7 Å². The van der Waals surface area contributed by atoms with Crippen LogP contribution in [0.15, 0.2) is 42.6 Å². The summed E-state index contributed by atoms with van der Waals surface area (Å²) in [5, 5.41) is 0. The molecule has 29 heavy (non-hydrogen) atoms. The van der Waals surface area contributed by atoms with Gasteiger partial charge in [0.15, 0.2) is 0 Å². The standard InChI is InChI=1S/C24H35N3O2/c1-4-6-8-13-23(28)29-22(5-2)18(3)16-20(19-11-9-7-10-12-19)17-21-14-15-26-24(25)27-21/h7,9-12,14-15,18,20,22H,4-6,8,13,16-17H2,1-3H3,(H2,25,26,27). The van der Waals surface area contributed by atoms with Gasteiger partial charge in [-0.15, -0.1) is 0 Å². The number of nitrogens with zero attached hydrogens (tertiary/aromatic N) is 2. The molecule has 0 bridgehead atoms. The number of carbonyl (C=O) groups excluding carboxylic acids is 1. The first-order chi connectivity index (χ1) is 14.0. The Balaban J connectivity index is 2.07. The zero-order valence-electron chi connectivity index (χ0n) is 18.0. The smallest absolute Gasteiger partial charge is 0.306 e. The third kappa shape index (κ3) is 7.84. The molecule has 5 nitrogen and oxygen atoms in total. The Morgan fingerprint density at radius 2 is 1.90 bits per heavy atom. The van der Waals surface area contributed by atoms with Crippen LogP contribution in [0.5, 0.6) is 0 Å². The second kappa shape index (κ2) is 12.2. The van der Waals surface area contributed by atoms with Crippen LogP contribution in [0, 0.1) is 5.92 Å². The van der Waals surface area contributed by atoms with Crippen LogP contribution in [0.2, 0.25) is 0 Å². The van der Waals surface area contributed by atoms with Crippen LogP contribution in [-0.4, -0.2) is 22.0 Å². The minimum atomic E-state index is -0.0722. The highest BCUT2D eigenvalue weighted by atomic mass is 16.5. The van der Waals surface area contributed by atoms with E-state index < -0.39 is 0 Å². The molecule has 3 atom stereocenters. The van der Waals surface area contributed by atoms with Gasteiger partial charge in [0.1, 0.15) is 6.10 Å². The normalized spacial score (nSPS) is 14.2. The highest BCUT2D eigenvalue weighted by molar-refractivity contribution is 5.69. The molecule has 0 aliphatic rings. The molecule has 158 valence electrons. The van der Waals surface area contributed by atoms with Gasteiger partial charge < -0.3 is 10.5 Å². The molecule has 2 rings (SSSR count). The molecule has 1 aromatic carbocycles. The predicted molar refractivity (Wildman–Crippen MR) is 117 cm³/mol. The maximum absolute atomic E-state index is 12.2. The topological polar surface area (TPSA) is 78.1 Å². The molecule has 0 aliphatic heterocycles. The van der Waals surface area contributed by atoms with Gasteiger partial charge in [0.25, 0.3) is 0 Å². The van der Waals surface area contributed by atoms with Gasteiger partial charge in [-0.25, -0.2) is 9.97 Å². The van der Waals surface area contributed by atoms with E-state index in [4.69, 9.17) is 10.5 Å². The fourth-order valence-corrected chi connectivity index (χ4v) is 3.79. The summed E-state index contributed by atoms with van der Waals surface area (Å²) >= 11 is 0. The fraction of sp³-hybridized carbons (Fsp3) is 0.542. The third-order valence-corrected chi connectivity index (χ3v) is 5.42. The summed E-state index contributed by atoms with van der Waals surface area (Å²) < 4.78 is 5.83. The molecule has 2 aromatic rings. The number of esters is 1. The van der Waals surface area contributed by atoms with Gasteiger partial charge in [0.2, 0.25) is 5.95 Å². The lowest BCUT2D eigenvalue weighted by atomic mass is 9.83. The monoisotopic (exact) mass is 397 g/mol. The predicted octanol–water partition coefficient (Wildman–Crippen LogP) is 5.31. The molecule has 5 heteroatoms. The number of anilines is 1. The van der Waals surface area contributed by atoms with Crippen LogP contribution in [0.4, 0.5) is 5.95 Å². The number of hydrogen-bond donors (Lipinski definition) is 1. The van der Waals surface area contributed by atoms with Crippen molar-refractivity contribution in [2.24, 2.45) is 5.92 Å². The quantitative estimate of drug-likeness (QED) is 0.388. The highest BCUT2D eigenvalue weighted by Gasteiger charge is 2.24. The summed E-state index contributed by atoms with van der Waals surface area (Å²) in [5.41, 5.74) is 7.97. The maximum atomic E-state index is 12.2. The van der Waals surface area contributed by atoms with Gasteiger partial charge in [0.05, 0.1) is 0 Å². The van der Waals surface area contributed by atoms with E-state index in [1.807, 2.05) is 12.1 Å². The Hall–Kier alpha value is -2.43. The minimum absolute atomic E-state index is 0.0641. The number of benzene rings is 1. The number of carbonyl (C=O) groups is 1. The van der Waals surface area contributed by atoms with Gasteiger partial charge in [-0.05, 0) is 49.1 Å². The number of nitrogens with two attached hydrogens (primary N) is 1. The van der Waals surface area contributed by atoms with Crippen LogP contribution < -0.4 is 5.73 Å². The fourth-order valence-electron chi connectivity index (χ4n) is 3.79. The van der Waals surface area contributed by atoms with Crippen LogP contribution in [0.25, 0.3) is 0 Å². The summed E-state index contributed by atoms with van der Waals surface area (Å²) in [6.45, 7) is 6.40. The number of hydrogen-bond acceptors (Lipinski definition) is 5. The maximum Gasteiger partial charge on any atom is 0.306 e. The van der Waals surface area contributed by atoms with Crippen molar-refractivity contribution in [2.75, 3.05) is 5.73 Å². The Labute approximate surface area is 175 Å². The molecular weight excluding hydrogens is 362 g/mol. The highest BCUT2D eigenvalue weighted by Crippen LogP contribution is 2.30. The molecular formula is C24H35N3O2. The van der Waals surface area contributed by atoms with Gasteiger partial charge in [-0.3, -0.25) is 4.79 Å². The second-order valence-electron chi connectivity index (χ2n) is 7.82. The Bertz CT molecular complexity index is 736. The zero-order valence-corrected chi connectivity index (χ0v) is 18.0. The summed E-state index contributed by atoms with van der Waals surface area (Å²) in [6.07, 6.45) is 7.74. The molecule has 0 radical (unpaired) electrons. The first-order valence-electron chi connectivity index (χ1n) is 10.8. The van der Waals surface area contributed by atoms with E-state index in [1.54, 1.807) is 6.20 Å². The lowest BCUT2D eigenvalue weighted by Crippen LogP contribution is -2.26. The first-order valence-corrected chi connectivity index (χ1v) is 10.8. The number of ether oxygens (including phenoxy) is 1. The average molecular weight is 398 g/mol. The Morgan fingerprint density at radius 1 is 1.14 bits per heavy atom. The first kappa shape index (κ1) is 22.9. The van der Waals surface area contributed by atoms with E-state index in [-0.39, 0.29) is 23.9 Å². The molecule has 0 fully saturated rings. The van der Waals surface area contributed by atoms with Gasteiger partial charge in [-0.2, -0.15) is 0 Å². The van der Waals surface area contributed by atoms with E-state index >= 15 is 0 Å². The Kier molecular flexibility index (Phi) is 9.62. The molecule has 0 saturated heterocycles. The largest absolute Gasteiger partial charge is 0.462 e. The summed E-state index contributed by atoms with van der Waals surface area (Å²) in [6, 6.07) is 12.4. The van der Waals surface area contributed by atoms with E-state index in [9.17, 15) is 4.79 Å². The Morgan fingerprint density at radius 3 is 2.55 bits per heavy atom. The number of rotatable bonds is 12. The average Bonchev–Trinajstić information content (AvgIpc) is 2.72. The molecule has 2 N–H and O–H groups in total. The van der Waals surface area contributed by atoms with E-state index in [0.29, 0.717) is 12.4 Å². The summed E-state index contributed by atoms with van der Waals surface area (Å²) in [4.78, 5) is 20.6. The van der Waals surface area contributed by atoms with E-state index in [2.05, 4.69) is 55.0 Å². The van der Waals surface area contributed by atoms with Gasteiger partial charge >= 0.3 is 5.97 Å². The molecule has 0 aliphatic carbocycles. The minimum Gasteiger partial charge on any atom is -0.462 e. The SMILES string of the molecule is CCCCCC(=O)OC(CC)C(C)CC(Cc1ccnc(N)n1)c1ccccc1. The van der Waals surface area contributed by atoms with E-state index in [1.165, 1.54) is 5.56 Å². The van der Waals surface area contributed by atoms with Crippen molar-refractivity contribution in [1.29, 1.82) is 0 Å². The third-order valence-electron chi connectivity index (χ3n) is 5.42. The van der Waals surface area contributed by atoms with Crippen molar-refractivity contribution < 1.29 is 9.53 Å². The van der Waals surface area contributed by atoms with E-state index in [0.717, 1.165) is 44.2 Å². The zero-order chi connectivity index (χ0) is 21.1. The number of unbranched alkanes of at least 4 members (excludes halogenated alkanes) is 2. The summed E-state index contributed by atoms with van der Waals surface area (Å²) in [5.74, 6) is 0.750. The lowest BCUT2D eigenvalue weighted by molar-refractivity contribution is -0.152. The number of aromatic nitrogens is 2. The van der Waals surface area contributed by atoms with Gasteiger partial charge in [0, 0.05) is 18.3 Å². The molecule has 1 aromatic heterocycles. The molecule has 0 saturated carbocycles. The van der Waals surface area contributed by atoms with Crippen LogP contribution in [-0.2, 0) is 16.0 Å². The van der Waals surface area contributed by atoms with Crippen molar-refractivity contribution in [1.82, 2.24) is 9.97 Å². The van der Waals surface area contributed by atoms with Crippen molar-refractivity contribution in [3.8, 4) is 0 Å². The second-order valence-corrected chi connectivity index (χ2v) is 7.82.